The quantitative estimate of drug-likeness (QED) is 0.545. The second-order valence-electron chi connectivity index (χ2n) is 8.60. The topological polar surface area (TPSA) is 58.6 Å². The fraction of sp³-hybridized carbons (Fsp3) is 0.346. The van der Waals surface area contributed by atoms with E-state index in [1.807, 2.05) is 43.0 Å². The highest BCUT2D eigenvalue weighted by Crippen LogP contribution is 2.26. The van der Waals surface area contributed by atoms with Crippen LogP contribution in [0.1, 0.15) is 22.3 Å². The first-order valence-corrected chi connectivity index (χ1v) is 11.5. The van der Waals surface area contributed by atoms with Crippen molar-refractivity contribution in [2.75, 3.05) is 37.7 Å². The van der Waals surface area contributed by atoms with Crippen LogP contribution in [-0.2, 0) is 4.79 Å². The normalized spacial score (nSPS) is 13.8. The minimum absolute atomic E-state index is 0.0175. The van der Waals surface area contributed by atoms with Gasteiger partial charge in [-0.05, 0) is 80.3 Å². The van der Waals surface area contributed by atoms with Crippen LogP contribution < -0.4 is 9.64 Å². The summed E-state index contributed by atoms with van der Waals surface area (Å²) in [5.41, 5.74) is 6.32. The number of piperazine rings is 1. The van der Waals surface area contributed by atoms with E-state index in [1.54, 1.807) is 0 Å². The number of carbonyl (C=O) groups excluding carboxylic acids is 1. The molecule has 2 aromatic carbocycles. The molecule has 4 rings (SSSR count). The molecule has 2 heterocycles. The number of anilines is 1. The molecule has 7 heteroatoms. The molecule has 0 bridgehead atoms. The van der Waals surface area contributed by atoms with E-state index >= 15 is 0 Å². The number of rotatable bonds is 5. The molecular weight excluding hydrogens is 436 g/mol. The highest BCUT2D eigenvalue weighted by atomic mass is 35.5. The molecule has 1 aliphatic rings. The Morgan fingerprint density at radius 1 is 0.879 bits per heavy atom. The number of nitrogens with zero attached hydrogens (tertiary/aromatic N) is 4. The lowest BCUT2D eigenvalue weighted by Crippen LogP contribution is -2.50. The van der Waals surface area contributed by atoms with Gasteiger partial charge in [0, 0.05) is 36.8 Å². The SMILES string of the molecule is Cc1ccc(-c2ccc(N3CCN(C(=O)COc4cc(C)c(Cl)c(C)c4)CC3)nn2)cc1C. The van der Waals surface area contributed by atoms with Gasteiger partial charge in [-0.1, -0.05) is 23.7 Å². The summed E-state index contributed by atoms with van der Waals surface area (Å²) in [7, 11) is 0. The molecule has 6 nitrogen and oxygen atoms in total. The molecule has 0 spiro atoms. The van der Waals surface area contributed by atoms with E-state index in [9.17, 15) is 4.79 Å². The molecule has 1 amide bonds. The Bertz CT molecular complexity index is 1130. The number of ether oxygens (including phenoxy) is 1. The average molecular weight is 465 g/mol. The maximum absolute atomic E-state index is 12.6. The molecule has 3 aromatic rings. The van der Waals surface area contributed by atoms with Crippen molar-refractivity contribution in [2.45, 2.75) is 27.7 Å². The van der Waals surface area contributed by atoms with Gasteiger partial charge in [0.1, 0.15) is 5.75 Å². The summed E-state index contributed by atoms with van der Waals surface area (Å²) in [4.78, 5) is 16.6. The first-order valence-electron chi connectivity index (χ1n) is 11.2. The van der Waals surface area contributed by atoms with Crippen LogP contribution in [0.2, 0.25) is 5.02 Å². The monoisotopic (exact) mass is 464 g/mol. The second-order valence-corrected chi connectivity index (χ2v) is 8.98. The molecule has 0 radical (unpaired) electrons. The molecule has 0 atom stereocenters. The molecule has 0 aliphatic carbocycles. The van der Waals surface area contributed by atoms with Gasteiger partial charge in [-0.2, -0.15) is 0 Å². The third-order valence-electron chi connectivity index (χ3n) is 6.18. The number of benzene rings is 2. The van der Waals surface area contributed by atoms with Crippen molar-refractivity contribution in [3.8, 4) is 17.0 Å². The molecule has 1 saturated heterocycles. The number of carbonyl (C=O) groups is 1. The van der Waals surface area contributed by atoms with Crippen LogP contribution in [0.4, 0.5) is 5.82 Å². The Labute approximate surface area is 200 Å². The maximum atomic E-state index is 12.6. The van der Waals surface area contributed by atoms with E-state index in [0.29, 0.717) is 31.9 Å². The highest BCUT2D eigenvalue weighted by Gasteiger charge is 2.22. The Hall–Kier alpha value is -3.12. The Balaban J connectivity index is 1.31. The van der Waals surface area contributed by atoms with E-state index in [0.717, 1.165) is 33.2 Å². The lowest BCUT2D eigenvalue weighted by Gasteiger charge is -2.35. The summed E-state index contributed by atoms with van der Waals surface area (Å²) in [5.74, 6) is 1.48. The van der Waals surface area contributed by atoms with Crippen molar-refractivity contribution < 1.29 is 9.53 Å². The summed E-state index contributed by atoms with van der Waals surface area (Å²) in [5, 5.41) is 9.60. The van der Waals surface area contributed by atoms with Crippen LogP contribution in [0.15, 0.2) is 42.5 Å². The Morgan fingerprint density at radius 2 is 1.58 bits per heavy atom. The van der Waals surface area contributed by atoms with Gasteiger partial charge in [0.15, 0.2) is 12.4 Å². The van der Waals surface area contributed by atoms with E-state index in [-0.39, 0.29) is 12.5 Å². The number of hydrogen-bond acceptors (Lipinski definition) is 5. The summed E-state index contributed by atoms with van der Waals surface area (Å²) in [6.45, 7) is 10.8. The van der Waals surface area contributed by atoms with Gasteiger partial charge < -0.3 is 14.5 Å². The fourth-order valence-electron chi connectivity index (χ4n) is 3.96. The van der Waals surface area contributed by atoms with E-state index < -0.39 is 0 Å². The van der Waals surface area contributed by atoms with Gasteiger partial charge in [-0.15, -0.1) is 10.2 Å². The molecule has 1 fully saturated rings. The number of hydrogen-bond donors (Lipinski definition) is 0. The Kier molecular flexibility index (Phi) is 6.84. The molecule has 0 unspecified atom stereocenters. The van der Waals surface area contributed by atoms with Crippen molar-refractivity contribution in [1.82, 2.24) is 15.1 Å². The number of aromatic nitrogens is 2. The molecule has 1 aliphatic heterocycles. The van der Waals surface area contributed by atoms with Crippen LogP contribution in [0.5, 0.6) is 5.75 Å². The average Bonchev–Trinajstić information content (AvgIpc) is 2.83. The van der Waals surface area contributed by atoms with Crippen LogP contribution in [0.3, 0.4) is 0 Å². The number of amides is 1. The maximum Gasteiger partial charge on any atom is 0.260 e. The molecule has 1 aromatic heterocycles. The van der Waals surface area contributed by atoms with Crippen LogP contribution in [0, 0.1) is 27.7 Å². The van der Waals surface area contributed by atoms with E-state index in [4.69, 9.17) is 16.3 Å². The highest BCUT2D eigenvalue weighted by molar-refractivity contribution is 6.32. The van der Waals surface area contributed by atoms with Crippen LogP contribution in [-0.4, -0.2) is 53.8 Å². The number of aryl methyl sites for hydroxylation is 4. The van der Waals surface area contributed by atoms with Crippen molar-refractivity contribution in [2.24, 2.45) is 0 Å². The summed E-state index contributed by atoms with van der Waals surface area (Å²) in [6.07, 6.45) is 0. The first kappa shape index (κ1) is 23.1. The third-order valence-corrected chi connectivity index (χ3v) is 6.78. The minimum Gasteiger partial charge on any atom is -0.484 e. The lowest BCUT2D eigenvalue weighted by atomic mass is 10.0. The summed E-state index contributed by atoms with van der Waals surface area (Å²) in [6, 6.07) is 14.1. The smallest absolute Gasteiger partial charge is 0.260 e. The van der Waals surface area contributed by atoms with E-state index in [2.05, 4.69) is 47.1 Å². The van der Waals surface area contributed by atoms with Crippen LogP contribution in [0.25, 0.3) is 11.3 Å². The van der Waals surface area contributed by atoms with Gasteiger partial charge in [0.05, 0.1) is 5.69 Å². The van der Waals surface area contributed by atoms with Gasteiger partial charge in [-0.3, -0.25) is 4.79 Å². The minimum atomic E-state index is -0.0175. The summed E-state index contributed by atoms with van der Waals surface area (Å²) >= 11 is 6.20. The molecule has 33 heavy (non-hydrogen) atoms. The van der Waals surface area contributed by atoms with Gasteiger partial charge in [0.25, 0.3) is 5.91 Å². The zero-order chi connectivity index (χ0) is 23.5. The predicted octanol–water partition coefficient (Wildman–Crippen LogP) is 4.76. The fourth-order valence-corrected chi connectivity index (χ4v) is 4.07. The summed E-state index contributed by atoms with van der Waals surface area (Å²) < 4.78 is 5.73. The van der Waals surface area contributed by atoms with Crippen molar-refractivity contribution in [3.63, 3.8) is 0 Å². The third kappa shape index (κ3) is 5.28. The van der Waals surface area contributed by atoms with E-state index in [1.165, 1.54) is 11.1 Å². The van der Waals surface area contributed by atoms with Crippen LogP contribution >= 0.6 is 11.6 Å². The van der Waals surface area contributed by atoms with Gasteiger partial charge in [0.2, 0.25) is 0 Å². The predicted molar refractivity (Wildman–Crippen MR) is 132 cm³/mol. The zero-order valence-electron chi connectivity index (χ0n) is 19.6. The second kappa shape index (κ2) is 9.79. The largest absolute Gasteiger partial charge is 0.484 e. The molecule has 0 saturated carbocycles. The zero-order valence-corrected chi connectivity index (χ0v) is 20.3. The first-order chi connectivity index (χ1) is 15.8. The van der Waals surface area contributed by atoms with Crippen molar-refractivity contribution in [3.05, 3.63) is 69.7 Å². The standard InChI is InChI=1S/C26H29ClN4O2/c1-17-5-6-21(13-18(17)2)23-7-8-24(29-28-23)30-9-11-31(12-10-30)25(32)16-33-22-14-19(3)26(27)20(4)15-22/h5-8,13-15H,9-12,16H2,1-4H3. The molecular formula is C26H29ClN4O2. The Morgan fingerprint density at radius 3 is 2.18 bits per heavy atom. The molecule has 0 N–H and O–H groups in total. The van der Waals surface area contributed by atoms with Gasteiger partial charge in [-0.25, -0.2) is 0 Å². The van der Waals surface area contributed by atoms with Crippen molar-refractivity contribution >= 4 is 23.3 Å². The number of halogens is 1. The van der Waals surface area contributed by atoms with Gasteiger partial charge >= 0.3 is 0 Å². The molecule has 172 valence electrons. The lowest BCUT2D eigenvalue weighted by molar-refractivity contribution is -0.133. The van der Waals surface area contributed by atoms with Crippen molar-refractivity contribution in [1.29, 1.82) is 0 Å².